The van der Waals surface area contributed by atoms with Crippen LogP contribution in [0.2, 0.25) is 0 Å². The smallest absolute Gasteiger partial charge is 0.339 e. The zero-order chi connectivity index (χ0) is 16.1. The first kappa shape index (κ1) is 16.5. The van der Waals surface area contributed by atoms with Crippen molar-refractivity contribution < 1.29 is 24.0 Å². The highest BCUT2D eigenvalue weighted by molar-refractivity contribution is 6.01. The molecule has 0 spiro atoms. The minimum absolute atomic E-state index is 0.118. The molecule has 0 aromatic heterocycles. The van der Waals surface area contributed by atoms with Crippen LogP contribution >= 0.6 is 0 Å². The quantitative estimate of drug-likeness (QED) is 0.775. The predicted octanol–water partition coefficient (Wildman–Crippen LogP) is 0.104. The van der Waals surface area contributed by atoms with Gasteiger partial charge in [-0.2, -0.15) is 0 Å². The van der Waals surface area contributed by atoms with E-state index < -0.39 is 5.97 Å². The van der Waals surface area contributed by atoms with Crippen LogP contribution in [0.15, 0.2) is 24.3 Å². The largest absolute Gasteiger partial charge is 0.465 e. The lowest BCUT2D eigenvalue weighted by atomic mass is 10.1. The van der Waals surface area contributed by atoms with E-state index >= 15 is 0 Å². The first-order valence-electron chi connectivity index (χ1n) is 7.45. The standard InChI is InChI=1S/C16H22N2O4/c1-11-8-18(9-12(2)22-11)10-15(19)17-14-7-5-4-6-13(14)16(20)21-3/h4-7,11-12H,8-10H2,1-3H3,(H,17,19)/p+1/t11-,12+. The third-order valence-corrected chi connectivity index (χ3v) is 3.63. The van der Waals surface area contributed by atoms with Crippen LogP contribution in [0.25, 0.3) is 0 Å². The fourth-order valence-electron chi connectivity index (χ4n) is 2.84. The van der Waals surface area contributed by atoms with Crippen molar-refractivity contribution >= 4 is 17.6 Å². The Bertz CT molecular complexity index is 537. The maximum absolute atomic E-state index is 12.2. The molecule has 6 heteroatoms. The van der Waals surface area contributed by atoms with Crippen LogP contribution in [-0.4, -0.2) is 50.8 Å². The summed E-state index contributed by atoms with van der Waals surface area (Å²) in [6.45, 7) is 5.99. The Labute approximate surface area is 130 Å². The number of methoxy groups -OCH3 is 1. The number of carbonyl (C=O) groups excluding carboxylic acids is 2. The van der Waals surface area contributed by atoms with E-state index in [2.05, 4.69) is 5.32 Å². The molecular weight excluding hydrogens is 284 g/mol. The van der Waals surface area contributed by atoms with E-state index in [0.29, 0.717) is 17.8 Å². The number of benzene rings is 1. The zero-order valence-corrected chi connectivity index (χ0v) is 13.2. The minimum Gasteiger partial charge on any atom is -0.465 e. The molecule has 0 saturated carbocycles. The van der Waals surface area contributed by atoms with Gasteiger partial charge in [0.1, 0.15) is 25.3 Å². The topological polar surface area (TPSA) is 69.1 Å². The van der Waals surface area contributed by atoms with E-state index in [-0.39, 0.29) is 18.1 Å². The van der Waals surface area contributed by atoms with Crippen molar-refractivity contribution in [3.8, 4) is 0 Å². The number of para-hydroxylation sites is 1. The van der Waals surface area contributed by atoms with Crippen LogP contribution in [0.5, 0.6) is 0 Å². The van der Waals surface area contributed by atoms with Gasteiger partial charge in [-0.15, -0.1) is 0 Å². The fraction of sp³-hybridized carbons (Fsp3) is 0.500. The van der Waals surface area contributed by atoms with Gasteiger partial charge in [0.2, 0.25) is 0 Å². The first-order valence-corrected chi connectivity index (χ1v) is 7.45. The summed E-state index contributed by atoms with van der Waals surface area (Å²) >= 11 is 0. The van der Waals surface area contributed by atoms with Crippen LogP contribution in [0.1, 0.15) is 24.2 Å². The molecule has 3 atom stereocenters. The van der Waals surface area contributed by atoms with Gasteiger partial charge in [-0.25, -0.2) is 4.79 Å². The summed E-state index contributed by atoms with van der Waals surface area (Å²) < 4.78 is 10.4. The van der Waals surface area contributed by atoms with E-state index in [9.17, 15) is 9.59 Å². The number of amides is 1. The lowest BCUT2D eigenvalue weighted by Gasteiger charge is -2.31. The van der Waals surface area contributed by atoms with Gasteiger partial charge in [-0.3, -0.25) is 4.79 Å². The zero-order valence-electron chi connectivity index (χ0n) is 13.2. The highest BCUT2D eigenvalue weighted by atomic mass is 16.5. The summed E-state index contributed by atoms with van der Waals surface area (Å²) in [5.74, 6) is -0.579. The number of hydrogen-bond acceptors (Lipinski definition) is 4. The first-order chi connectivity index (χ1) is 10.5. The molecule has 2 rings (SSSR count). The second-order valence-corrected chi connectivity index (χ2v) is 5.68. The minimum atomic E-state index is -0.461. The Balaban J connectivity index is 1.99. The van der Waals surface area contributed by atoms with E-state index in [0.717, 1.165) is 13.1 Å². The maximum Gasteiger partial charge on any atom is 0.339 e. The highest BCUT2D eigenvalue weighted by Crippen LogP contribution is 2.15. The third-order valence-electron chi connectivity index (χ3n) is 3.63. The maximum atomic E-state index is 12.2. The number of hydrogen-bond donors (Lipinski definition) is 2. The van der Waals surface area contributed by atoms with Gasteiger partial charge < -0.3 is 19.7 Å². The summed E-state index contributed by atoms with van der Waals surface area (Å²) in [4.78, 5) is 25.1. The number of carbonyl (C=O) groups is 2. The van der Waals surface area contributed by atoms with Crippen LogP contribution in [0, 0.1) is 0 Å². The van der Waals surface area contributed by atoms with Crippen LogP contribution in [0.4, 0.5) is 5.69 Å². The number of esters is 1. The molecule has 1 fully saturated rings. The summed E-state index contributed by atoms with van der Waals surface area (Å²) in [5.41, 5.74) is 0.838. The van der Waals surface area contributed by atoms with Gasteiger partial charge in [-0.1, -0.05) is 12.1 Å². The van der Waals surface area contributed by atoms with Crippen molar-refractivity contribution in [3.63, 3.8) is 0 Å². The Morgan fingerprint density at radius 1 is 1.27 bits per heavy atom. The van der Waals surface area contributed by atoms with Crippen molar-refractivity contribution in [1.29, 1.82) is 0 Å². The van der Waals surface area contributed by atoms with Crippen molar-refractivity contribution in [2.75, 3.05) is 32.1 Å². The molecule has 0 bridgehead atoms. The summed E-state index contributed by atoms with van der Waals surface area (Å²) in [5, 5.41) is 2.80. The van der Waals surface area contributed by atoms with Gasteiger partial charge in [0, 0.05) is 0 Å². The van der Waals surface area contributed by atoms with Crippen molar-refractivity contribution in [1.82, 2.24) is 0 Å². The van der Waals surface area contributed by atoms with Gasteiger partial charge in [0.05, 0.1) is 18.4 Å². The van der Waals surface area contributed by atoms with E-state index in [1.54, 1.807) is 24.3 Å². The Morgan fingerprint density at radius 3 is 2.55 bits per heavy atom. The van der Waals surface area contributed by atoms with E-state index in [1.807, 2.05) is 13.8 Å². The number of nitrogens with one attached hydrogen (secondary N) is 2. The second-order valence-electron chi connectivity index (χ2n) is 5.68. The molecule has 1 aromatic rings. The Hall–Kier alpha value is -1.92. The molecule has 1 saturated heterocycles. The number of ether oxygens (including phenoxy) is 2. The third kappa shape index (κ3) is 4.29. The van der Waals surface area contributed by atoms with Crippen LogP contribution in [0.3, 0.4) is 0 Å². The Kier molecular flexibility index (Phi) is 5.51. The summed E-state index contributed by atoms with van der Waals surface area (Å²) in [7, 11) is 1.32. The predicted molar refractivity (Wildman–Crippen MR) is 82.0 cm³/mol. The molecule has 120 valence electrons. The highest BCUT2D eigenvalue weighted by Gasteiger charge is 2.27. The molecule has 6 nitrogen and oxygen atoms in total. The normalized spacial score (nSPS) is 24.6. The fourth-order valence-corrected chi connectivity index (χ4v) is 2.84. The van der Waals surface area contributed by atoms with Crippen molar-refractivity contribution in [2.45, 2.75) is 26.1 Å². The average molecular weight is 307 g/mol. The molecule has 1 amide bonds. The molecule has 0 radical (unpaired) electrons. The molecule has 0 aliphatic carbocycles. The molecule has 1 heterocycles. The van der Waals surface area contributed by atoms with Crippen LogP contribution < -0.4 is 10.2 Å². The number of rotatable bonds is 4. The molecule has 1 unspecified atom stereocenters. The molecule has 2 N–H and O–H groups in total. The average Bonchev–Trinajstić information content (AvgIpc) is 2.45. The second kappa shape index (κ2) is 7.38. The van der Waals surface area contributed by atoms with Crippen molar-refractivity contribution in [2.24, 2.45) is 0 Å². The lowest BCUT2D eigenvalue weighted by molar-refractivity contribution is -0.907. The number of quaternary nitrogens is 1. The van der Waals surface area contributed by atoms with E-state index in [1.165, 1.54) is 12.0 Å². The molecular formula is C16H23N2O4+. The lowest BCUT2D eigenvalue weighted by Crippen LogP contribution is -3.16. The van der Waals surface area contributed by atoms with Gasteiger partial charge >= 0.3 is 5.97 Å². The van der Waals surface area contributed by atoms with Gasteiger partial charge in [0.25, 0.3) is 5.91 Å². The number of morpholine rings is 1. The number of anilines is 1. The van der Waals surface area contributed by atoms with Crippen molar-refractivity contribution in [3.05, 3.63) is 29.8 Å². The monoisotopic (exact) mass is 307 g/mol. The molecule has 1 aliphatic heterocycles. The van der Waals surface area contributed by atoms with Gasteiger partial charge in [0.15, 0.2) is 6.54 Å². The Morgan fingerprint density at radius 2 is 1.91 bits per heavy atom. The molecule has 22 heavy (non-hydrogen) atoms. The van der Waals surface area contributed by atoms with Gasteiger partial charge in [-0.05, 0) is 26.0 Å². The summed E-state index contributed by atoms with van der Waals surface area (Å²) in [6, 6.07) is 6.84. The summed E-state index contributed by atoms with van der Waals surface area (Å²) in [6.07, 6.45) is 0.294. The molecule has 1 aliphatic rings. The SMILES string of the molecule is COC(=O)c1ccccc1NC(=O)C[NH+]1C[C@@H](C)O[C@@H](C)C1. The van der Waals surface area contributed by atoms with Crippen LogP contribution in [-0.2, 0) is 14.3 Å². The van der Waals surface area contributed by atoms with E-state index in [4.69, 9.17) is 9.47 Å². The molecule has 1 aromatic carbocycles.